The van der Waals surface area contributed by atoms with Gasteiger partial charge in [0.15, 0.2) is 9.84 Å². The fourth-order valence-corrected chi connectivity index (χ4v) is 6.22. The van der Waals surface area contributed by atoms with Crippen LogP contribution in [0.15, 0.2) is 66.1 Å². The van der Waals surface area contributed by atoms with Gasteiger partial charge < -0.3 is 15.0 Å². The molecule has 0 spiro atoms. The molecule has 2 aromatic rings. The molecule has 1 aliphatic carbocycles. The fraction of sp³-hybridized carbons (Fsp3) is 0.346. The van der Waals surface area contributed by atoms with Crippen molar-refractivity contribution in [1.82, 2.24) is 10.2 Å². The van der Waals surface area contributed by atoms with Gasteiger partial charge in [0, 0.05) is 11.6 Å². The van der Waals surface area contributed by atoms with Crippen molar-refractivity contribution in [2.45, 2.75) is 47.4 Å². The first-order valence-corrected chi connectivity index (χ1v) is 13.5. The van der Waals surface area contributed by atoms with Gasteiger partial charge in [-0.2, -0.15) is 5.26 Å². The molecule has 36 heavy (non-hydrogen) atoms. The van der Waals surface area contributed by atoms with Gasteiger partial charge in [0.05, 0.1) is 17.7 Å². The zero-order valence-electron chi connectivity index (χ0n) is 19.5. The molecule has 0 radical (unpaired) electrons. The van der Waals surface area contributed by atoms with Crippen LogP contribution in [0.5, 0.6) is 5.75 Å². The Hall–Kier alpha value is -3.35. The summed E-state index contributed by atoms with van der Waals surface area (Å²) < 4.78 is 32.9. The van der Waals surface area contributed by atoms with E-state index in [0.717, 1.165) is 0 Å². The molecule has 2 amide bonds. The van der Waals surface area contributed by atoms with Crippen molar-refractivity contribution in [3.8, 4) is 11.8 Å². The van der Waals surface area contributed by atoms with Gasteiger partial charge in [-0.25, -0.2) is 8.42 Å². The van der Waals surface area contributed by atoms with Gasteiger partial charge in [-0.15, -0.1) is 0 Å². The molecule has 2 atom stereocenters. The van der Waals surface area contributed by atoms with Gasteiger partial charge in [-0.3, -0.25) is 9.59 Å². The van der Waals surface area contributed by atoms with E-state index < -0.39 is 32.6 Å². The standard InChI is InChI=1S/C26H26ClN3O5S/c1-2-13-35-22-5-3-4-6-23(22)36(33,34)20-15-21(25(32)29-26(17-28)11-12-26)30(16-20)24(31)14-18-7-9-19(27)10-8-18/h2-10,20-21H,1,11-16H2,(H,29,32)/t20?,21-/m0/s1. The van der Waals surface area contributed by atoms with E-state index in [1.54, 1.807) is 42.5 Å². The second kappa shape index (κ2) is 10.3. The molecule has 1 saturated heterocycles. The maximum absolute atomic E-state index is 13.7. The first kappa shape index (κ1) is 25.7. The second-order valence-corrected chi connectivity index (χ2v) is 11.6. The third-order valence-corrected chi connectivity index (χ3v) is 8.85. The molecule has 188 valence electrons. The largest absolute Gasteiger partial charge is 0.488 e. The van der Waals surface area contributed by atoms with Crippen LogP contribution in [0.3, 0.4) is 0 Å². The monoisotopic (exact) mass is 527 g/mol. The van der Waals surface area contributed by atoms with E-state index in [-0.39, 0.29) is 42.5 Å². The molecule has 0 aromatic heterocycles. The minimum Gasteiger partial charge on any atom is -0.488 e. The summed E-state index contributed by atoms with van der Waals surface area (Å²) in [6, 6.07) is 14.1. The van der Waals surface area contributed by atoms with Gasteiger partial charge >= 0.3 is 0 Å². The Kier molecular flexibility index (Phi) is 7.38. The smallest absolute Gasteiger partial charge is 0.244 e. The van der Waals surface area contributed by atoms with Crippen molar-refractivity contribution in [3.05, 3.63) is 71.8 Å². The number of hydrogen-bond donors (Lipinski definition) is 1. The Labute approximate surface area is 215 Å². The zero-order valence-corrected chi connectivity index (χ0v) is 21.1. The number of sulfone groups is 1. The minimum absolute atomic E-state index is 0.00121. The maximum atomic E-state index is 13.7. The Morgan fingerprint density at radius 1 is 1.22 bits per heavy atom. The molecular formula is C26H26ClN3O5S. The molecule has 1 heterocycles. The third kappa shape index (κ3) is 5.40. The van der Waals surface area contributed by atoms with Crippen LogP contribution in [0.4, 0.5) is 0 Å². The number of benzene rings is 2. The predicted octanol–water partition coefficient (Wildman–Crippen LogP) is 3.06. The number of para-hydroxylation sites is 1. The molecule has 2 aromatic carbocycles. The quantitative estimate of drug-likeness (QED) is 0.501. The zero-order chi connectivity index (χ0) is 25.9. The predicted molar refractivity (Wildman–Crippen MR) is 134 cm³/mol. The summed E-state index contributed by atoms with van der Waals surface area (Å²) in [6.07, 6.45) is 2.46. The molecule has 8 nitrogen and oxygen atoms in total. The molecule has 1 saturated carbocycles. The number of likely N-dealkylation sites (tertiary alicyclic amines) is 1. The van der Waals surface area contributed by atoms with Crippen LogP contribution >= 0.6 is 11.6 Å². The number of halogens is 1. The van der Waals surface area contributed by atoms with Gasteiger partial charge in [0.2, 0.25) is 11.8 Å². The van der Waals surface area contributed by atoms with E-state index in [4.69, 9.17) is 16.3 Å². The first-order chi connectivity index (χ1) is 17.2. The lowest BCUT2D eigenvalue weighted by Crippen LogP contribution is -2.49. The maximum Gasteiger partial charge on any atom is 0.244 e. The van der Waals surface area contributed by atoms with Crippen molar-refractivity contribution in [2.24, 2.45) is 0 Å². The summed E-state index contributed by atoms with van der Waals surface area (Å²) in [7, 11) is -3.96. The first-order valence-electron chi connectivity index (χ1n) is 11.5. The fourth-order valence-electron chi connectivity index (χ4n) is 4.27. The average Bonchev–Trinajstić information content (AvgIpc) is 3.48. The van der Waals surface area contributed by atoms with E-state index >= 15 is 0 Å². The summed E-state index contributed by atoms with van der Waals surface area (Å²) in [5.41, 5.74) is -0.252. The number of carbonyl (C=O) groups excluding carboxylic acids is 2. The van der Waals surface area contributed by atoms with Crippen molar-refractivity contribution in [2.75, 3.05) is 13.2 Å². The highest BCUT2D eigenvalue weighted by Crippen LogP contribution is 2.37. The van der Waals surface area contributed by atoms with Gasteiger partial charge in [-0.1, -0.05) is 48.5 Å². The summed E-state index contributed by atoms with van der Waals surface area (Å²) in [5, 5.41) is 11.6. The van der Waals surface area contributed by atoms with Gasteiger partial charge in [0.1, 0.15) is 28.8 Å². The molecule has 1 aliphatic heterocycles. The van der Waals surface area contributed by atoms with Crippen LogP contribution in [0.1, 0.15) is 24.8 Å². The van der Waals surface area contributed by atoms with E-state index in [0.29, 0.717) is 23.4 Å². The number of nitrogens with one attached hydrogen (secondary N) is 1. The average molecular weight is 528 g/mol. The van der Waals surface area contributed by atoms with Crippen molar-refractivity contribution in [3.63, 3.8) is 0 Å². The van der Waals surface area contributed by atoms with Crippen molar-refractivity contribution >= 4 is 33.3 Å². The third-order valence-electron chi connectivity index (χ3n) is 6.43. The molecule has 4 rings (SSSR count). The molecule has 2 fully saturated rings. The second-order valence-electron chi connectivity index (χ2n) is 9.00. The van der Waals surface area contributed by atoms with E-state index in [2.05, 4.69) is 18.0 Å². The van der Waals surface area contributed by atoms with Crippen LogP contribution in [-0.2, 0) is 25.8 Å². The Bertz CT molecular complexity index is 1320. The van der Waals surface area contributed by atoms with Crippen molar-refractivity contribution in [1.29, 1.82) is 5.26 Å². The normalized spacial score (nSPS) is 20.3. The number of carbonyl (C=O) groups is 2. The molecule has 0 bridgehead atoms. The Morgan fingerprint density at radius 3 is 2.56 bits per heavy atom. The summed E-state index contributed by atoms with van der Waals surface area (Å²) in [4.78, 5) is 27.8. The highest BCUT2D eigenvalue weighted by molar-refractivity contribution is 7.92. The summed E-state index contributed by atoms with van der Waals surface area (Å²) >= 11 is 5.94. The molecular weight excluding hydrogens is 502 g/mol. The molecule has 1 unspecified atom stereocenters. The summed E-state index contributed by atoms with van der Waals surface area (Å²) in [6.45, 7) is 3.57. The number of amides is 2. The number of rotatable bonds is 9. The number of ether oxygens (including phenoxy) is 1. The summed E-state index contributed by atoms with van der Waals surface area (Å²) in [5.74, 6) is -0.716. The van der Waals surface area contributed by atoms with E-state index in [9.17, 15) is 23.3 Å². The SMILES string of the molecule is C=CCOc1ccccc1S(=O)(=O)C1C[C@@H](C(=O)NC2(C#N)CC2)N(C(=O)Cc2ccc(Cl)cc2)C1. The Morgan fingerprint density at radius 2 is 1.92 bits per heavy atom. The number of hydrogen-bond acceptors (Lipinski definition) is 6. The van der Waals surface area contributed by atoms with Crippen LogP contribution < -0.4 is 10.1 Å². The lowest BCUT2D eigenvalue weighted by molar-refractivity contribution is -0.138. The molecule has 1 N–H and O–H groups in total. The van der Waals surface area contributed by atoms with E-state index in [1.807, 2.05) is 0 Å². The lowest BCUT2D eigenvalue weighted by Gasteiger charge is -2.25. The highest BCUT2D eigenvalue weighted by Gasteiger charge is 2.50. The number of nitrogens with zero attached hydrogens (tertiary/aromatic N) is 2. The van der Waals surface area contributed by atoms with Gasteiger partial charge in [-0.05, 0) is 49.1 Å². The molecule has 2 aliphatic rings. The van der Waals surface area contributed by atoms with E-state index in [1.165, 1.54) is 17.0 Å². The molecule has 10 heteroatoms. The van der Waals surface area contributed by atoms with Crippen LogP contribution in [0.25, 0.3) is 0 Å². The van der Waals surface area contributed by atoms with Crippen LogP contribution in [-0.4, -0.2) is 55.1 Å². The lowest BCUT2D eigenvalue weighted by atomic mass is 10.1. The van der Waals surface area contributed by atoms with Crippen LogP contribution in [0, 0.1) is 11.3 Å². The van der Waals surface area contributed by atoms with Crippen molar-refractivity contribution < 1.29 is 22.7 Å². The highest BCUT2D eigenvalue weighted by atomic mass is 35.5. The topological polar surface area (TPSA) is 117 Å². The Balaban J connectivity index is 1.61. The number of nitriles is 1. The van der Waals surface area contributed by atoms with Gasteiger partial charge in [0.25, 0.3) is 0 Å². The van der Waals surface area contributed by atoms with Crippen LogP contribution in [0.2, 0.25) is 5.02 Å². The minimum atomic E-state index is -3.96.